The van der Waals surface area contributed by atoms with Crippen LogP contribution in [-0.2, 0) is 35.2 Å². The lowest BCUT2D eigenvalue weighted by Crippen LogP contribution is -2.59. The Morgan fingerprint density at radius 3 is 1.76 bits per heavy atom. The first-order valence-electron chi connectivity index (χ1n) is 14.6. The van der Waals surface area contributed by atoms with Crippen molar-refractivity contribution < 1.29 is 39.0 Å². The number of aliphatic carboxylic acids is 1. The number of aliphatic hydroxyl groups excluding tert-OH is 1. The molecular formula is C28H43N9O8. The molecule has 1 heterocycles. The highest BCUT2D eigenvalue weighted by molar-refractivity contribution is 5.98. The molecule has 17 heteroatoms. The summed E-state index contributed by atoms with van der Waals surface area (Å²) in [4.78, 5) is 82.2. The van der Waals surface area contributed by atoms with Gasteiger partial charge >= 0.3 is 5.97 Å². The summed E-state index contributed by atoms with van der Waals surface area (Å²) >= 11 is 0. The predicted octanol–water partition coefficient (Wildman–Crippen LogP) is -3.68. The highest BCUT2D eigenvalue weighted by Gasteiger charge is 2.35. The summed E-state index contributed by atoms with van der Waals surface area (Å²) in [5, 5.41) is 31.6. The number of guanidine groups is 1. The minimum Gasteiger partial charge on any atom is -0.481 e. The van der Waals surface area contributed by atoms with E-state index in [1.165, 1.54) is 0 Å². The van der Waals surface area contributed by atoms with E-state index in [2.05, 4.69) is 31.6 Å². The van der Waals surface area contributed by atoms with Crippen molar-refractivity contribution in [3.8, 4) is 0 Å². The second kappa shape index (κ2) is 18.8. The molecule has 0 saturated carbocycles. The number of nitrogens with one attached hydrogen (secondary N) is 5. The Balaban J connectivity index is 2.53. The molecule has 0 unspecified atom stereocenters. The van der Waals surface area contributed by atoms with Crippen LogP contribution in [0.5, 0.6) is 0 Å². The number of aliphatic imine (C=N–C) groups is 1. The maximum Gasteiger partial charge on any atom is 0.305 e. The monoisotopic (exact) mass is 633 g/mol. The number of hydrogen-bond donors (Lipinski definition) is 10. The van der Waals surface area contributed by atoms with E-state index in [1.807, 2.05) is 0 Å². The minimum absolute atomic E-state index is 0.00982. The minimum atomic E-state index is -1.67. The Kier molecular flexibility index (Phi) is 15.2. The number of aliphatic hydroxyl groups is 1. The van der Waals surface area contributed by atoms with Crippen molar-refractivity contribution in [1.82, 2.24) is 26.6 Å². The number of carbonyl (C=O) groups is 6. The summed E-state index contributed by atoms with van der Waals surface area (Å²) in [6, 6.07) is 1.68. The van der Waals surface area contributed by atoms with Gasteiger partial charge in [-0.15, -0.1) is 0 Å². The number of nitrogens with two attached hydrogens (primary N) is 3. The molecule has 0 aliphatic carbocycles. The molecule has 248 valence electrons. The summed E-state index contributed by atoms with van der Waals surface area (Å²) in [6.45, 7) is -0.459. The van der Waals surface area contributed by atoms with E-state index >= 15 is 0 Å². The zero-order valence-electron chi connectivity index (χ0n) is 24.9. The van der Waals surface area contributed by atoms with Crippen LogP contribution in [-0.4, -0.2) is 102 Å². The summed E-state index contributed by atoms with van der Waals surface area (Å²) < 4.78 is 0. The third-order valence-corrected chi connectivity index (χ3v) is 6.90. The van der Waals surface area contributed by atoms with E-state index < -0.39 is 78.7 Å². The van der Waals surface area contributed by atoms with Crippen LogP contribution in [0.2, 0.25) is 0 Å². The molecule has 1 aliphatic rings. The number of hydrogen-bond acceptors (Lipinski definition) is 9. The van der Waals surface area contributed by atoms with Gasteiger partial charge in [-0.05, 0) is 44.2 Å². The van der Waals surface area contributed by atoms with Crippen LogP contribution in [0.1, 0.15) is 44.1 Å². The fourth-order valence-corrected chi connectivity index (χ4v) is 4.53. The Bertz CT molecular complexity index is 1210. The molecule has 1 aromatic rings. The number of carboxylic acid groups (broad SMARTS) is 1. The lowest BCUT2D eigenvalue weighted by atomic mass is 10.0. The van der Waals surface area contributed by atoms with Gasteiger partial charge in [0.25, 0.3) is 0 Å². The number of unbranched alkanes of at least 4 members (excludes halogenated alkanes) is 1. The van der Waals surface area contributed by atoms with Crippen molar-refractivity contribution in [3.05, 3.63) is 35.9 Å². The van der Waals surface area contributed by atoms with Crippen molar-refractivity contribution in [2.45, 2.75) is 75.2 Å². The van der Waals surface area contributed by atoms with E-state index in [4.69, 9.17) is 17.2 Å². The molecule has 0 radical (unpaired) electrons. The molecule has 1 aromatic carbocycles. The number of benzene rings is 1. The molecule has 5 atom stereocenters. The molecule has 0 aromatic heterocycles. The molecule has 1 saturated heterocycles. The molecular weight excluding hydrogens is 590 g/mol. The van der Waals surface area contributed by atoms with E-state index in [-0.39, 0.29) is 38.2 Å². The second-order valence-corrected chi connectivity index (χ2v) is 10.5. The molecule has 1 fully saturated rings. The Morgan fingerprint density at radius 2 is 1.20 bits per heavy atom. The first-order chi connectivity index (χ1) is 21.4. The van der Waals surface area contributed by atoms with Crippen LogP contribution >= 0.6 is 0 Å². The average molecular weight is 634 g/mol. The quantitative estimate of drug-likeness (QED) is 0.0573. The van der Waals surface area contributed by atoms with Crippen molar-refractivity contribution in [1.29, 1.82) is 0 Å². The molecule has 2 rings (SSSR count). The van der Waals surface area contributed by atoms with Crippen LogP contribution in [0.4, 0.5) is 0 Å². The van der Waals surface area contributed by atoms with Gasteiger partial charge in [-0.25, -0.2) is 0 Å². The van der Waals surface area contributed by atoms with Crippen LogP contribution in [0.15, 0.2) is 35.3 Å². The van der Waals surface area contributed by atoms with Gasteiger partial charge in [0.05, 0.1) is 13.0 Å². The van der Waals surface area contributed by atoms with E-state index in [1.54, 1.807) is 30.3 Å². The zero-order chi connectivity index (χ0) is 33.4. The van der Waals surface area contributed by atoms with Gasteiger partial charge in [-0.2, -0.15) is 0 Å². The van der Waals surface area contributed by atoms with Gasteiger partial charge in [-0.1, -0.05) is 30.3 Å². The molecule has 5 amide bonds. The fraction of sp³-hybridized carbons (Fsp3) is 0.536. The standard InChI is InChI=1S/C28H43N9O8/c29-11-5-4-9-17-23(41)33-18(10-6-12-32-28(30)31)24(42)37-21(15-38)27(45)36-20(14-22(39)40)26(44)35-19(25(43)34-17)13-16-7-2-1-3-8-16/h1-3,7-8,17-21,38H,4-6,9-15,29H2,(H,33,41)(H,34,43)(H,35,44)(H,36,45)(H,37,42)(H,39,40)(H4,30,31,32)/t17-,18-,19+,20-,21-/m0/s1. The Morgan fingerprint density at radius 1 is 0.711 bits per heavy atom. The summed E-state index contributed by atoms with van der Waals surface area (Å²) in [5.74, 6) is -5.98. The smallest absolute Gasteiger partial charge is 0.305 e. The number of carbonyl (C=O) groups excluding carboxylic acids is 5. The summed E-state index contributed by atoms with van der Waals surface area (Å²) in [6.07, 6.45) is 0.468. The number of rotatable bonds is 13. The van der Waals surface area contributed by atoms with Gasteiger partial charge in [0.1, 0.15) is 30.2 Å². The van der Waals surface area contributed by atoms with Gasteiger partial charge in [0.2, 0.25) is 29.5 Å². The normalized spacial score (nSPS) is 23.2. The highest BCUT2D eigenvalue weighted by Crippen LogP contribution is 2.09. The average Bonchev–Trinajstić information content (AvgIpc) is 2.99. The maximum absolute atomic E-state index is 13.6. The van der Waals surface area contributed by atoms with Gasteiger partial charge < -0.3 is 54.0 Å². The van der Waals surface area contributed by atoms with Gasteiger partial charge in [-0.3, -0.25) is 33.8 Å². The van der Waals surface area contributed by atoms with Crippen molar-refractivity contribution in [2.75, 3.05) is 19.7 Å². The van der Waals surface area contributed by atoms with Crippen molar-refractivity contribution in [3.63, 3.8) is 0 Å². The molecule has 0 spiro atoms. The van der Waals surface area contributed by atoms with E-state index in [9.17, 15) is 39.0 Å². The molecule has 17 nitrogen and oxygen atoms in total. The third kappa shape index (κ3) is 12.8. The Hall–Kier alpha value is -4.77. The van der Waals surface area contributed by atoms with Crippen molar-refractivity contribution >= 4 is 41.5 Å². The van der Waals surface area contributed by atoms with E-state index in [0.717, 1.165) is 0 Å². The highest BCUT2D eigenvalue weighted by atomic mass is 16.4. The predicted molar refractivity (Wildman–Crippen MR) is 162 cm³/mol. The summed E-state index contributed by atoms with van der Waals surface area (Å²) in [5.41, 5.74) is 17.0. The zero-order valence-corrected chi connectivity index (χ0v) is 24.9. The molecule has 0 bridgehead atoms. The second-order valence-electron chi connectivity index (χ2n) is 10.5. The van der Waals surface area contributed by atoms with Crippen LogP contribution in [0.25, 0.3) is 0 Å². The van der Waals surface area contributed by atoms with Crippen LogP contribution in [0.3, 0.4) is 0 Å². The van der Waals surface area contributed by atoms with Gasteiger partial charge in [0, 0.05) is 13.0 Å². The first kappa shape index (κ1) is 36.4. The molecule has 1 aliphatic heterocycles. The van der Waals surface area contributed by atoms with Gasteiger partial charge in [0.15, 0.2) is 5.96 Å². The SMILES string of the molecule is NCCCC[C@@H]1NC(=O)[C@@H](Cc2ccccc2)NC(=O)[C@H](CC(=O)O)NC(=O)[C@H](CO)NC(=O)[C@H](CCCN=C(N)N)NC1=O. The number of nitrogens with zero attached hydrogens (tertiary/aromatic N) is 1. The number of amides is 5. The molecule has 45 heavy (non-hydrogen) atoms. The van der Waals surface area contributed by atoms with Crippen LogP contribution in [0, 0.1) is 0 Å². The van der Waals surface area contributed by atoms with E-state index in [0.29, 0.717) is 24.9 Å². The topological polar surface area (TPSA) is 293 Å². The lowest BCUT2D eigenvalue weighted by molar-refractivity contribution is -0.141. The summed E-state index contributed by atoms with van der Waals surface area (Å²) in [7, 11) is 0. The van der Waals surface area contributed by atoms with Crippen LogP contribution < -0.4 is 43.8 Å². The Labute approximate surface area is 260 Å². The largest absolute Gasteiger partial charge is 0.481 e. The maximum atomic E-state index is 13.6. The van der Waals surface area contributed by atoms with Crippen molar-refractivity contribution in [2.24, 2.45) is 22.2 Å². The lowest BCUT2D eigenvalue weighted by Gasteiger charge is -2.26. The number of carboxylic acids is 1. The molecule has 13 N–H and O–H groups in total. The fourth-order valence-electron chi connectivity index (χ4n) is 4.53. The first-order valence-corrected chi connectivity index (χ1v) is 14.6. The third-order valence-electron chi connectivity index (χ3n) is 6.90.